The molecule has 1 aliphatic rings. The van der Waals surface area contributed by atoms with Gasteiger partial charge in [0.2, 0.25) is 0 Å². The quantitative estimate of drug-likeness (QED) is 0.529. The number of aromatic carboxylic acids is 1. The van der Waals surface area contributed by atoms with Crippen molar-refractivity contribution in [3.8, 4) is 5.95 Å². The maximum absolute atomic E-state index is 11.5. The second-order valence-corrected chi connectivity index (χ2v) is 7.04. The first-order chi connectivity index (χ1) is 14.7. The number of benzene rings is 2. The van der Waals surface area contributed by atoms with Crippen molar-refractivity contribution in [3.05, 3.63) is 77.1 Å². The Bertz CT molecular complexity index is 1240. The summed E-state index contributed by atoms with van der Waals surface area (Å²) in [6, 6.07) is 15.2. The molecule has 0 amide bonds. The minimum absolute atomic E-state index is 0.197. The fourth-order valence-corrected chi connectivity index (χ4v) is 3.66. The van der Waals surface area contributed by atoms with Crippen LogP contribution in [0.3, 0.4) is 0 Å². The Labute approximate surface area is 172 Å². The minimum Gasteiger partial charge on any atom is -0.478 e. The highest BCUT2D eigenvalue weighted by molar-refractivity contribution is 6.02. The van der Waals surface area contributed by atoms with Gasteiger partial charge < -0.3 is 15.2 Å². The van der Waals surface area contributed by atoms with Crippen LogP contribution in [-0.4, -0.2) is 37.4 Å². The normalized spacial score (nSPS) is 13.2. The molecule has 3 heterocycles. The van der Waals surface area contributed by atoms with E-state index in [1.165, 1.54) is 6.20 Å². The van der Waals surface area contributed by atoms with E-state index in [9.17, 15) is 9.90 Å². The molecule has 0 radical (unpaired) electrons. The lowest BCUT2D eigenvalue weighted by Crippen LogP contribution is -2.19. The van der Waals surface area contributed by atoms with Gasteiger partial charge in [-0.25, -0.2) is 9.78 Å². The van der Waals surface area contributed by atoms with E-state index in [1.807, 2.05) is 24.3 Å². The largest absolute Gasteiger partial charge is 0.478 e. The summed E-state index contributed by atoms with van der Waals surface area (Å²) in [6.07, 6.45) is 2.27. The first-order valence-electron chi connectivity index (χ1n) is 9.66. The van der Waals surface area contributed by atoms with Crippen molar-refractivity contribution in [3.63, 3.8) is 0 Å². The Hall–Kier alpha value is -3.78. The van der Waals surface area contributed by atoms with Gasteiger partial charge in [-0.2, -0.15) is 14.8 Å². The van der Waals surface area contributed by atoms with Crippen LogP contribution in [0, 0.1) is 0 Å². The number of rotatable bonds is 5. The first kappa shape index (κ1) is 18.3. The van der Waals surface area contributed by atoms with Crippen LogP contribution >= 0.6 is 0 Å². The summed E-state index contributed by atoms with van der Waals surface area (Å²) in [4.78, 5) is 20.9. The van der Waals surface area contributed by atoms with E-state index in [0.29, 0.717) is 36.6 Å². The smallest absolute Gasteiger partial charge is 0.336 e. The van der Waals surface area contributed by atoms with Crippen molar-refractivity contribution < 1.29 is 14.6 Å². The summed E-state index contributed by atoms with van der Waals surface area (Å²) >= 11 is 0. The van der Waals surface area contributed by atoms with Crippen molar-refractivity contribution in [2.24, 2.45) is 0 Å². The molecular formula is C22H19N5O3. The highest BCUT2D eigenvalue weighted by Crippen LogP contribution is 2.26. The van der Waals surface area contributed by atoms with E-state index < -0.39 is 5.97 Å². The molecule has 0 saturated carbocycles. The molecule has 2 aromatic carbocycles. The van der Waals surface area contributed by atoms with E-state index in [2.05, 4.69) is 27.5 Å². The molecule has 0 bridgehead atoms. The zero-order valence-electron chi connectivity index (χ0n) is 16.1. The number of fused-ring (bicyclic) bond motifs is 2. The zero-order valence-corrected chi connectivity index (χ0v) is 16.1. The second kappa shape index (κ2) is 7.57. The van der Waals surface area contributed by atoms with Gasteiger partial charge in [-0.3, -0.25) is 0 Å². The number of hydrogen-bond acceptors (Lipinski definition) is 6. The maximum Gasteiger partial charge on any atom is 0.336 e. The third kappa shape index (κ3) is 3.27. The van der Waals surface area contributed by atoms with Gasteiger partial charge in [0.05, 0.1) is 36.2 Å². The SMILES string of the molecule is O=C(O)c1cccc2c1cnn2-c1nc2c(c(NCc3ccccc3)n1)CCOC2. The highest BCUT2D eigenvalue weighted by atomic mass is 16.5. The summed E-state index contributed by atoms with van der Waals surface area (Å²) in [5.74, 6) is 0.137. The van der Waals surface area contributed by atoms with Crippen molar-refractivity contribution in [1.29, 1.82) is 0 Å². The lowest BCUT2D eigenvalue weighted by molar-refractivity contribution is 0.0699. The summed E-state index contributed by atoms with van der Waals surface area (Å²) in [5.41, 5.74) is 3.85. The predicted octanol–water partition coefficient (Wildman–Crippen LogP) is 3.20. The Kier molecular flexibility index (Phi) is 4.61. The van der Waals surface area contributed by atoms with Crippen LogP contribution in [0.15, 0.2) is 54.7 Å². The van der Waals surface area contributed by atoms with Crippen LogP contribution in [0.25, 0.3) is 16.9 Å². The third-order valence-electron chi connectivity index (χ3n) is 5.15. The zero-order chi connectivity index (χ0) is 20.5. The summed E-state index contributed by atoms with van der Waals surface area (Å²) < 4.78 is 7.17. The summed E-state index contributed by atoms with van der Waals surface area (Å²) in [5, 5.41) is 17.8. The number of carboxylic acid groups (broad SMARTS) is 1. The molecule has 8 heteroatoms. The molecule has 5 rings (SSSR count). The number of aromatic nitrogens is 4. The number of carboxylic acids is 1. The number of hydrogen-bond donors (Lipinski definition) is 2. The molecule has 0 unspecified atom stereocenters. The molecular weight excluding hydrogens is 382 g/mol. The lowest BCUT2D eigenvalue weighted by atomic mass is 10.1. The Balaban J connectivity index is 1.58. The molecule has 8 nitrogen and oxygen atoms in total. The number of anilines is 1. The van der Waals surface area contributed by atoms with Crippen LogP contribution in [0.4, 0.5) is 5.82 Å². The van der Waals surface area contributed by atoms with Gasteiger partial charge in [0, 0.05) is 23.9 Å². The van der Waals surface area contributed by atoms with Gasteiger partial charge in [-0.05, 0) is 17.7 Å². The van der Waals surface area contributed by atoms with Gasteiger partial charge in [0.25, 0.3) is 5.95 Å². The van der Waals surface area contributed by atoms with E-state index in [1.54, 1.807) is 16.8 Å². The standard InChI is InChI=1S/C22H19N5O3/c28-21(29)15-7-4-8-19-17(15)12-24-27(19)22-25-18-13-30-10-9-16(18)20(26-22)23-11-14-5-2-1-3-6-14/h1-8,12H,9-11,13H2,(H,28,29)(H,23,25,26). The lowest BCUT2D eigenvalue weighted by Gasteiger charge is -2.20. The van der Waals surface area contributed by atoms with Crippen LogP contribution in [0.1, 0.15) is 27.2 Å². The van der Waals surface area contributed by atoms with E-state index in [-0.39, 0.29) is 5.56 Å². The molecule has 4 aromatic rings. The summed E-state index contributed by atoms with van der Waals surface area (Å²) in [6.45, 7) is 1.67. The minimum atomic E-state index is -0.995. The molecule has 0 spiro atoms. The maximum atomic E-state index is 11.5. The molecule has 1 aliphatic heterocycles. The molecule has 2 aromatic heterocycles. The van der Waals surface area contributed by atoms with Crippen LogP contribution in [0.2, 0.25) is 0 Å². The number of nitrogens with zero attached hydrogens (tertiary/aromatic N) is 4. The highest BCUT2D eigenvalue weighted by Gasteiger charge is 2.21. The molecule has 150 valence electrons. The van der Waals surface area contributed by atoms with Gasteiger partial charge >= 0.3 is 5.97 Å². The van der Waals surface area contributed by atoms with Crippen molar-refractivity contribution in [2.75, 3.05) is 11.9 Å². The topological polar surface area (TPSA) is 102 Å². The number of nitrogens with one attached hydrogen (secondary N) is 1. The molecule has 0 aliphatic carbocycles. The Morgan fingerprint density at radius 2 is 2.00 bits per heavy atom. The summed E-state index contributed by atoms with van der Waals surface area (Å²) in [7, 11) is 0. The monoisotopic (exact) mass is 401 g/mol. The van der Waals surface area contributed by atoms with Gasteiger partial charge in [0.15, 0.2) is 0 Å². The molecule has 30 heavy (non-hydrogen) atoms. The van der Waals surface area contributed by atoms with Gasteiger partial charge in [0.1, 0.15) is 5.82 Å². The Morgan fingerprint density at radius 1 is 1.13 bits per heavy atom. The van der Waals surface area contributed by atoms with E-state index >= 15 is 0 Å². The van der Waals surface area contributed by atoms with Crippen molar-refractivity contribution in [2.45, 2.75) is 19.6 Å². The average molecular weight is 401 g/mol. The molecule has 0 atom stereocenters. The van der Waals surface area contributed by atoms with Gasteiger partial charge in [-0.15, -0.1) is 0 Å². The number of ether oxygens (including phenoxy) is 1. The second-order valence-electron chi connectivity index (χ2n) is 7.04. The fraction of sp³-hybridized carbons (Fsp3) is 0.182. The number of carbonyl (C=O) groups is 1. The first-order valence-corrected chi connectivity index (χ1v) is 9.66. The Morgan fingerprint density at radius 3 is 2.83 bits per heavy atom. The van der Waals surface area contributed by atoms with Crippen LogP contribution in [0.5, 0.6) is 0 Å². The molecule has 0 saturated heterocycles. The predicted molar refractivity (Wildman–Crippen MR) is 111 cm³/mol. The van der Waals surface area contributed by atoms with Crippen LogP contribution in [-0.2, 0) is 24.3 Å². The molecule has 0 fully saturated rings. The van der Waals surface area contributed by atoms with E-state index in [0.717, 1.165) is 29.1 Å². The molecule has 2 N–H and O–H groups in total. The third-order valence-corrected chi connectivity index (χ3v) is 5.15. The van der Waals surface area contributed by atoms with E-state index in [4.69, 9.17) is 9.72 Å². The van der Waals surface area contributed by atoms with Gasteiger partial charge in [-0.1, -0.05) is 36.4 Å². The van der Waals surface area contributed by atoms with Crippen molar-refractivity contribution in [1.82, 2.24) is 19.7 Å². The fourth-order valence-electron chi connectivity index (χ4n) is 3.66. The average Bonchev–Trinajstić information content (AvgIpc) is 3.22. The van der Waals surface area contributed by atoms with Crippen molar-refractivity contribution >= 4 is 22.7 Å². The van der Waals surface area contributed by atoms with Crippen LogP contribution < -0.4 is 5.32 Å².